The molecular formula is C10H11BrO. The molecule has 0 N–H and O–H groups in total. The summed E-state index contributed by atoms with van der Waals surface area (Å²) >= 11 is 3.47. The predicted molar refractivity (Wildman–Crippen MR) is 53.0 cm³/mol. The molecule has 0 amide bonds. The van der Waals surface area contributed by atoms with Gasteiger partial charge >= 0.3 is 0 Å². The number of fused-ring (bicyclic) bond motifs is 1. The van der Waals surface area contributed by atoms with E-state index in [2.05, 4.69) is 35.0 Å². The summed E-state index contributed by atoms with van der Waals surface area (Å²) in [6, 6.07) is 8.23. The number of benzene rings is 1. The van der Waals surface area contributed by atoms with E-state index in [4.69, 9.17) is 4.74 Å². The molecule has 1 nitrogen and oxygen atoms in total. The van der Waals surface area contributed by atoms with Crippen LogP contribution in [0.3, 0.4) is 0 Å². The maximum absolute atomic E-state index is 5.80. The van der Waals surface area contributed by atoms with Gasteiger partial charge in [0.15, 0.2) is 0 Å². The van der Waals surface area contributed by atoms with Crippen molar-refractivity contribution in [1.29, 1.82) is 0 Å². The monoisotopic (exact) mass is 226 g/mol. The summed E-state index contributed by atoms with van der Waals surface area (Å²) in [5, 5.41) is 0.884. The molecule has 1 atom stereocenters. The zero-order valence-corrected chi connectivity index (χ0v) is 8.60. The Morgan fingerprint density at radius 1 is 1.50 bits per heavy atom. The average Bonchev–Trinajstić information content (AvgIpc) is 2.42. The Balaban J connectivity index is 2.33. The van der Waals surface area contributed by atoms with E-state index in [9.17, 15) is 0 Å². The van der Waals surface area contributed by atoms with E-state index < -0.39 is 0 Å². The molecule has 0 spiro atoms. The molecule has 1 aliphatic heterocycles. The van der Waals surface area contributed by atoms with Crippen LogP contribution in [0.2, 0.25) is 0 Å². The second-order valence-corrected chi connectivity index (χ2v) is 4.03. The Labute approximate surface area is 80.9 Å². The molecule has 2 rings (SSSR count). The second kappa shape index (κ2) is 2.77. The predicted octanol–water partition coefficient (Wildman–Crippen LogP) is 2.78. The van der Waals surface area contributed by atoms with Crippen LogP contribution in [0.5, 0.6) is 5.75 Å². The minimum Gasteiger partial charge on any atom is -0.486 e. The lowest BCUT2D eigenvalue weighted by molar-refractivity contribution is 0.145. The first-order chi connectivity index (χ1) is 5.73. The number of para-hydroxylation sites is 1. The van der Waals surface area contributed by atoms with Gasteiger partial charge in [0.2, 0.25) is 0 Å². The van der Waals surface area contributed by atoms with E-state index in [1.54, 1.807) is 0 Å². The number of halogens is 1. The van der Waals surface area contributed by atoms with Gasteiger partial charge in [-0.1, -0.05) is 34.1 Å². The van der Waals surface area contributed by atoms with Crippen LogP contribution in [0.1, 0.15) is 12.5 Å². The molecule has 64 valence electrons. The fraction of sp³-hybridized carbons (Fsp3) is 0.400. The third-order valence-electron chi connectivity index (χ3n) is 2.18. The van der Waals surface area contributed by atoms with Crippen molar-refractivity contribution in [2.24, 2.45) is 0 Å². The number of hydrogen-bond donors (Lipinski definition) is 0. The average molecular weight is 227 g/mol. The summed E-state index contributed by atoms with van der Waals surface area (Å²) in [6.45, 7) is 2.13. The van der Waals surface area contributed by atoms with Crippen LogP contribution < -0.4 is 4.74 Å². The molecule has 1 aromatic rings. The second-order valence-electron chi connectivity index (χ2n) is 3.47. The van der Waals surface area contributed by atoms with E-state index >= 15 is 0 Å². The first-order valence-electron chi connectivity index (χ1n) is 4.06. The Hall–Kier alpha value is -0.500. The normalized spacial score (nSPS) is 26.5. The Bertz CT molecular complexity index is 271. The number of alkyl halides is 1. The van der Waals surface area contributed by atoms with Gasteiger partial charge in [-0.25, -0.2) is 0 Å². The van der Waals surface area contributed by atoms with Crippen molar-refractivity contribution in [2.45, 2.75) is 18.9 Å². The smallest absolute Gasteiger partial charge is 0.123 e. The quantitative estimate of drug-likeness (QED) is 0.670. The SMILES string of the molecule is CC1(CBr)Cc2ccccc2O1. The summed E-state index contributed by atoms with van der Waals surface area (Å²) in [7, 11) is 0. The third-order valence-corrected chi connectivity index (χ3v) is 3.36. The van der Waals surface area contributed by atoms with Crippen molar-refractivity contribution < 1.29 is 4.74 Å². The van der Waals surface area contributed by atoms with Gasteiger partial charge in [0, 0.05) is 11.8 Å². The first kappa shape index (κ1) is 8.11. The molecule has 1 aromatic carbocycles. The Morgan fingerprint density at radius 3 is 2.92 bits per heavy atom. The van der Waals surface area contributed by atoms with Gasteiger partial charge < -0.3 is 4.74 Å². The van der Waals surface area contributed by atoms with Gasteiger partial charge in [0.1, 0.15) is 11.4 Å². The lowest BCUT2D eigenvalue weighted by Gasteiger charge is -2.20. The lowest BCUT2D eigenvalue weighted by Crippen LogP contribution is -2.31. The zero-order valence-electron chi connectivity index (χ0n) is 7.01. The van der Waals surface area contributed by atoms with Gasteiger partial charge in [0.05, 0.1) is 0 Å². The molecular weight excluding hydrogens is 216 g/mol. The topological polar surface area (TPSA) is 9.23 Å². The summed E-state index contributed by atoms with van der Waals surface area (Å²) in [6.07, 6.45) is 1.01. The van der Waals surface area contributed by atoms with E-state index in [0.29, 0.717) is 0 Å². The van der Waals surface area contributed by atoms with E-state index in [-0.39, 0.29) is 5.60 Å². The van der Waals surface area contributed by atoms with E-state index in [0.717, 1.165) is 17.5 Å². The van der Waals surface area contributed by atoms with Crippen LogP contribution in [0.15, 0.2) is 24.3 Å². The first-order valence-corrected chi connectivity index (χ1v) is 5.18. The van der Waals surface area contributed by atoms with Crippen molar-refractivity contribution in [1.82, 2.24) is 0 Å². The van der Waals surface area contributed by atoms with Crippen LogP contribution in [0.4, 0.5) is 0 Å². The molecule has 0 bridgehead atoms. The van der Waals surface area contributed by atoms with Crippen LogP contribution in [0.25, 0.3) is 0 Å². The number of hydrogen-bond acceptors (Lipinski definition) is 1. The summed E-state index contributed by atoms with van der Waals surface area (Å²) in [5.74, 6) is 1.04. The van der Waals surface area contributed by atoms with Crippen molar-refractivity contribution in [3.8, 4) is 5.75 Å². The molecule has 0 fully saturated rings. The van der Waals surface area contributed by atoms with Crippen LogP contribution in [-0.2, 0) is 6.42 Å². The highest BCUT2D eigenvalue weighted by Crippen LogP contribution is 2.35. The van der Waals surface area contributed by atoms with Gasteiger partial charge in [-0.2, -0.15) is 0 Å². The minimum atomic E-state index is -0.0380. The van der Waals surface area contributed by atoms with Crippen molar-refractivity contribution in [3.05, 3.63) is 29.8 Å². The molecule has 1 unspecified atom stereocenters. The van der Waals surface area contributed by atoms with Crippen molar-refractivity contribution in [2.75, 3.05) is 5.33 Å². The maximum atomic E-state index is 5.80. The Morgan fingerprint density at radius 2 is 2.25 bits per heavy atom. The standard InChI is InChI=1S/C10H11BrO/c1-10(7-11)6-8-4-2-3-5-9(8)12-10/h2-5H,6-7H2,1H3. The summed E-state index contributed by atoms with van der Waals surface area (Å²) in [4.78, 5) is 0. The molecule has 0 saturated carbocycles. The highest BCUT2D eigenvalue weighted by Gasteiger charge is 2.33. The van der Waals surface area contributed by atoms with Crippen LogP contribution >= 0.6 is 15.9 Å². The van der Waals surface area contributed by atoms with Gasteiger partial charge in [-0.05, 0) is 18.6 Å². The minimum absolute atomic E-state index is 0.0380. The summed E-state index contributed by atoms with van der Waals surface area (Å²) < 4.78 is 5.80. The third kappa shape index (κ3) is 1.24. The van der Waals surface area contributed by atoms with Gasteiger partial charge in [0.25, 0.3) is 0 Å². The van der Waals surface area contributed by atoms with Crippen LogP contribution in [0, 0.1) is 0 Å². The van der Waals surface area contributed by atoms with E-state index in [1.165, 1.54) is 5.56 Å². The molecule has 0 saturated heterocycles. The Kier molecular flexibility index (Phi) is 1.87. The molecule has 2 heteroatoms. The number of ether oxygens (including phenoxy) is 1. The zero-order chi connectivity index (χ0) is 8.60. The lowest BCUT2D eigenvalue weighted by atomic mass is 10.0. The van der Waals surface area contributed by atoms with E-state index in [1.807, 2.05) is 12.1 Å². The van der Waals surface area contributed by atoms with Gasteiger partial charge in [-0.15, -0.1) is 0 Å². The fourth-order valence-corrected chi connectivity index (χ4v) is 1.84. The highest BCUT2D eigenvalue weighted by atomic mass is 79.9. The molecule has 0 aromatic heterocycles. The summed E-state index contributed by atoms with van der Waals surface area (Å²) in [5.41, 5.74) is 1.28. The molecule has 12 heavy (non-hydrogen) atoms. The molecule has 0 radical (unpaired) electrons. The number of rotatable bonds is 1. The van der Waals surface area contributed by atoms with Crippen molar-refractivity contribution >= 4 is 15.9 Å². The van der Waals surface area contributed by atoms with Gasteiger partial charge in [-0.3, -0.25) is 0 Å². The fourth-order valence-electron chi connectivity index (χ4n) is 1.53. The molecule has 0 aliphatic carbocycles. The van der Waals surface area contributed by atoms with Crippen LogP contribution in [-0.4, -0.2) is 10.9 Å². The maximum Gasteiger partial charge on any atom is 0.123 e. The largest absolute Gasteiger partial charge is 0.486 e. The highest BCUT2D eigenvalue weighted by molar-refractivity contribution is 9.09. The molecule has 1 aliphatic rings. The van der Waals surface area contributed by atoms with Crippen molar-refractivity contribution in [3.63, 3.8) is 0 Å². The molecule has 1 heterocycles.